The van der Waals surface area contributed by atoms with E-state index in [4.69, 9.17) is 4.98 Å². The van der Waals surface area contributed by atoms with Crippen LogP contribution in [0.25, 0.3) is 0 Å². The van der Waals surface area contributed by atoms with Crippen LogP contribution in [0.4, 0.5) is 5.69 Å². The van der Waals surface area contributed by atoms with Crippen LogP contribution in [-0.2, 0) is 30.8 Å². The number of amides is 1. The second-order valence-corrected chi connectivity index (χ2v) is 12.6. The molecule has 2 N–H and O–H groups in total. The minimum absolute atomic E-state index is 0.0330. The van der Waals surface area contributed by atoms with Crippen LogP contribution in [-0.4, -0.2) is 36.2 Å². The number of aryl methyl sites for hydroxylation is 1. The summed E-state index contributed by atoms with van der Waals surface area (Å²) in [6.45, 7) is 9.75. The molecule has 0 spiro atoms. The van der Waals surface area contributed by atoms with Crippen LogP contribution in [0.15, 0.2) is 30.9 Å². The maximum atomic E-state index is 13.5. The van der Waals surface area contributed by atoms with Gasteiger partial charge in [0.25, 0.3) is 5.91 Å². The minimum Gasteiger partial charge on any atom is -0.320 e. The predicted molar refractivity (Wildman–Crippen MR) is 142 cm³/mol. The molecule has 3 aliphatic carbocycles. The number of carbonyl (C=O) groups is 1. The van der Waals surface area contributed by atoms with E-state index in [-0.39, 0.29) is 22.3 Å². The Balaban J connectivity index is 1.29. The average molecular weight is 500 g/mol. The van der Waals surface area contributed by atoms with Crippen molar-refractivity contribution in [2.24, 2.45) is 13.0 Å². The Bertz CT molecular complexity index is 1360. The van der Waals surface area contributed by atoms with Crippen molar-refractivity contribution in [3.05, 3.63) is 64.8 Å². The van der Waals surface area contributed by atoms with Gasteiger partial charge in [-0.15, -0.1) is 10.2 Å². The lowest BCUT2D eigenvalue weighted by Crippen LogP contribution is -2.43. The van der Waals surface area contributed by atoms with E-state index < -0.39 is 0 Å². The van der Waals surface area contributed by atoms with Gasteiger partial charge in [0, 0.05) is 30.7 Å². The summed E-state index contributed by atoms with van der Waals surface area (Å²) in [5.41, 5.74) is 5.75. The fourth-order valence-corrected chi connectivity index (χ4v) is 6.32. The molecular weight excluding hydrogens is 462 g/mol. The Hall–Kier alpha value is -3.13. The Morgan fingerprint density at radius 3 is 2.59 bits per heavy atom. The summed E-state index contributed by atoms with van der Waals surface area (Å²) in [6, 6.07) is 4.03. The molecule has 0 radical (unpaired) electrons. The highest BCUT2D eigenvalue weighted by molar-refractivity contribution is 6.03. The third kappa shape index (κ3) is 4.25. The zero-order valence-corrected chi connectivity index (χ0v) is 22.6. The molecule has 6 rings (SSSR count). The SMILES string of the molecule is CC1CC(c2cncc(NC(=O)c3cc(CNC4(C)CC4)c4c(n3)C(C)(C)CC4)c2)(c2nncn2C)C1. The molecule has 0 atom stereocenters. The second-order valence-electron chi connectivity index (χ2n) is 12.6. The van der Waals surface area contributed by atoms with Crippen LogP contribution in [0.3, 0.4) is 0 Å². The van der Waals surface area contributed by atoms with Crippen molar-refractivity contribution in [3.8, 4) is 0 Å². The van der Waals surface area contributed by atoms with Crippen molar-refractivity contribution in [3.63, 3.8) is 0 Å². The minimum atomic E-state index is -0.230. The van der Waals surface area contributed by atoms with E-state index in [0.717, 1.165) is 49.3 Å². The molecule has 0 aromatic carbocycles. The molecule has 3 aliphatic rings. The number of pyridine rings is 2. The van der Waals surface area contributed by atoms with Crippen LogP contribution in [0.1, 0.15) is 98.5 Å². The zero-order valence-electron chi connectivity index (χ0n) is 22.6. The molecule has 0 unspecified atom stereocenters. The summed E-state index contributed by atoms with van der Waals surface area (Å²) in [6.07, 6.45) is 11.8. The fourth-order valence-electron chi connectivity index (χ4n) is 6.32. The standard InChI is InChI=1S/C29H37N7O/c1-18-12-29(13-18,26-35-32-17-36(26)5)20-11-21(16-30-15-20)33-25(37)23-10-19(14-31-28(4)8-9-28)22-6-7-27(2,3)24(22)34-23/h10-11,15-18,31H,6-9,12-14H2,1-5H3,(H,33,37). The Labute approximate surface area is 218 Å². The van der Waals surface area contributed by atoms with E-state index in [1.807, 2.05) is 29.9 Å². The molecule has 2 saturated carbocycles. The van der Waals surface area contributed by atoms with Crippen molar-refractivity contribution >= 4 is 11.6 Å². The topological polar surface area (TPSA) is 97.6 Å². The van der Waals surface area contributed by atoms with Gasteiger partial charge in [-0.2, -0.15) is 0 Å². The number of fused-ring (bicyclic) bond motifs is 1. The molecule has 3 aromatic heterocycles. The zero-order chi connectivity index (χ0) is 26.0. The first kappa shape index (κ1) is 24.2. The molecule has 2 fully saturated rings. The lowest BCUT2D eigenvalue weighted by Gasteiger charge is -2.45. The lowest BCUT2D eigenvalue weighted by atomic mass is 9.59. The van der Waals surface area contributed by atoms with Gasteiger partial charge in [0.15, 0.2) is 0 Å². The number of hydrogen-bond donors (Lipinski definition) is 2. The molecule has 194 valence electrons. The molecule has 0 bridgehead atoms. The molecule has 8 heteroatoms. The van der Waals surface area contributed by atoms with Gasteiger partial charge in [-0.1, -0.05) is 20.8 Å². The third-order valence-corrected chi connectivity index (χ3v) is 8.88. The van der Waals surface area contributed by atoms with Crippen LogP contribution in [0.5, 0.6) is 0 Å². The van der Waals surface area contributed by atoms with Crippen molar-refractivity contribution in [1.29, 1.82) is 0 Å². The van der Waals surface area contributed by atoms with Gasteiger partial charge in [0.1, 0.15) is 17.8 Å². The Morgan fingerprint density at radius 2 is 1.92 bits per heavy atom. The first-order valence-electron chi connectivity index (χ1n) is 13.5. The smallest absolute Gasteiger partial charge is 0.274 e. The van der Waals surface area contributed by atoms with E-state index in [9.17, 15) is 4.79 Å². The van der Waals surface area contributed by atoms with Crippen molar-refractivity contribution in [2.45, 2.75) is 89.1 Å². The Morgan fingerprint density at radius 1 is 1.14 bits per heavy atom. The number of nitrogens with one attached hydrogen (secondary N) is 2. The maximum absolute atomic E-state index is 13.5. The normalized spacial score (nSPS) is 24.8. The number of nitrogens with zero attached hydrogens (tertiary/aromatic N) is 5. The maximum Gasteiger partial charge on any atom is 0.274 e. The number of anilines is 1. The number of aromatic nitrogens is 5. The summed E-state index contributed by atoms with van der Waals surface area (Å²) in [7, 11) is 1.98. The van der Waals surface area contributed by atoms with Gasteiger partial charge in [0.2, 0.25) is 0 Å². The average Bonchev–Trinajstić information content (AvgIpc) is 3.29. The molecule has 37 heavy (non-hydrogen) atoms. The summed E-state index contributed by atoms with van der Waals surface area (Å²) in [5, 5.41) is 15.4. The number of rotatable bonds is 7. The van der Waals surface area contributed by atoms with Gasteiger partial charge >= 0.3 is 0 Å². The van der Waals surface area contributed by atoms with Crippen molar-refractivity contribution in [2.75, 3.05) is 5.32 Å². The van der Waals surface area contributed by atoms with Gasteiger partial charge < -0.3 is 15.2 Å². The van der Waals surface area contributed by atoms with E-state index in [2.05, 4.69) is 53.5 Å². The molecule has 3 aromatic rings. The van der Waals surface area contributed by atoms with E-state index in [1.165, 1.54) is 24.0 Å². The number of hydrogen-bond acceptors (Lipinski definition) is 6. The molecule has 3 heterocycles. The van der Waals surface area contributed by atoms with E-state index >= 15 is 0 Å². The summed E-state index contributed by atoms with van der Waals surface area (Å²) in [4.78, 5) is 22.9. The molecular formula is C29H37N7O. The summed E-state index contributed by atoms with van der Waals surface area (Å²) < 4.78 is 1.99. The third-order valence-electron chi connectivity index (χ3n) is 8.88. The monoisotopic (exact) mass is 499 g/mol. The van der Waals surface area contributed by atoms with Crippen LogP contribution < -0.4 is 10.6 Å². The van der Waals surface area contributed by atoms with Gasteiger partial charge in [0.05, 0.1) is 23.0 Å². The van der Waals surface area contributed by atoms with Gasteiger partial charge in [-0.05, 0) is 80.2 Å². The Kier molecular flexibility index (Phi) is 5.53. The molecule has 0 saturated heterocycles. The fraction of sp³-hybridized carbons (Fsp3) is 0.552. The highest BCUT2D eigenvalue weighted by atomic mass is 16.1. The number of carbonyl (C=O) groups excluding carboxylic acids is 1. The first-order valence-corrected chi connectivity index (χ1v) is 13.5. The predicted octanol–water partition coefficient (Wildman–Crippen LogP) is 4.44. The van der Waals surface area contributed by atoms with E-state index in [0.29, 0.717) is 17.3 Å². The molecule has 8 nitrogen and oxygen atoms in total. The second kappa shape index (κ2) is 8.45. The highest BCUT2D eigenvalue weighted by Gasteiger charge is 2.48. The first-order chi connectivity index (χ1) is 17.6. The quantitative estimate of drug-likeness (QED) is 0.499. The lowest BCUT2D eigenvalue weighted by molar-refractivity contribution is 0.102. The molecule has 0 aliphatic heterocycles. The van der Waals surface area contributed by atoms with Crippen LogP contribution in [0.2, 0.25) is 0 Å². The van der Waals surface area contributed by atoms with Crippen molar-refractivity contribution in [1.82, 2.24) is 30.0 Å². The van der Waals surface area contributed by atoms with Gasteiger partial charge in [-0.25, -0.2) is 4.98 Å². The van der Waals surface area contributed by atoms with Gasteiger partial charge in [-0.3, -0.25) is 9.78 Å². The van der Waals surface area contributed by atoms with Crippen molar-refractivity contribution < 1.29 is 4.79 Å². The van der Waals surface area contributed by atoms with Crippen LogP contribution in [0, 0.1) is 5.92 Å². The largest absolute Gasteiger partial charge is 0.320 e. The summed E-state index contributed by atoms with van der Waals surface area (Å²) in [5.74, 6) is 1.34. The van der Waals surface area contributed by atoms with Crippen LogP contribution >= 0.6 is 0 Å². The highest BCUT2D eigenvalue weighted by Crippen LogP contribution is 2.51. The van der Waals surface area contributed by atoms with E-state index in [1.54, 1.807) is 12.5 Å². The summed E-state index contributed by atoms with van der Waals surface area (Å²) >= 11 is 0. The molecule has 1 amide bonds.